The van der Waals surface area contributed by atoms with E-state index in [1.807, 2.05) is 27.0 Å². The van der Waals surface area contributed by atoms with E-state index < -0.39 is 11.7 Å². The predicted molar refractivity (Wildman–Crippen MR) is 110 cm³/mol. The first-order chi connectivity index (χ1) is 14.0. The van der Waals surface area contributed by atoms with Crippen LogP contribution in [0.5, 0.6) is 0 Å². The Hall–Kier alpha value is -1.93. The highest BCUT2D eigenvalue weighted by Crippen LogP contribution is 2.37. The zero-order valence-electron chi connectivity index (χ0n) is 16.9. The lowest BCUT2D eigenvalue weighted by Crippen LogP contribution is -2.41. The first-order valence-corrected chi connectivity index (χ1v) is 10.4. The molecule has 0 unspecified atom stereocenters. The highest BCUT2D eigenvalue weighted by molar-refractivity contribution is 6.36. The molecule has 0 atom stereocenters. The van der Waals surface area contributed by atoms with Crippen LogP contribution in [0.25, 0.3) is 5.70 Å². The second-order valence-electron chi connectivity index (χ2n) is 8.70. The highest BCUT2D eigenvalue weighted by atomic mass is 35.5. The van der Waals surface area contributed by atoms with E-state index in [1.165, 1.54) is 12.1 Å². The van der Waals surface area contributed by atoms with Crippen LogP contribution in [0.15, 0.2) is 18.3 Å². The topological polar surface area (TPSA) is 37.2 Å². The molecule has 162 valence electrons. The van der Waals surface area contributed by atoms with Gasteiger partial charge < -0.3 is 9.80 Å². The van der Waals surface area contributed by atoms with Gasteiger partial charge in [0, 0.05) is 35.3 Å². The molecule has 0 aliphatic carbocycles. The van der Waals surface area contributed by atoms with Gasteiger partial charge in [-0.3, -0.25) is 0 Å². The van der Waals surface area contributed by atoms with Crippen LogP contribution < -0.4 is 0 Å². The van der Waals surface area contributed by atoms with E-state index in [4.69, 9.17) is 23.2 Å². The van der Waals surface area contributed by atoms with Crippen LogP contribution in [-0.2, 0) is 13.1 Å². The summed E-state index contributed by atoms with van der Waals surface area (Å²) in [6, 6.07) is 2.65. The Morgan fingerprint density at radius 3 is 2.57 bits per heavy atom. The van der Waals surface area contributed by atoms with Crippen LogP contribution >= 0.6 is 23.2 Å². The Balaban J connectivity index is 1.75. The van der Waals surface area contributed by atoms with Gasteiger partial charge in [0.2, 0.25) is 0 Å². The van der Waals surface area contributed by atoms with E-state index >= 15 is 0 Å². The summed E-state index contributed by atoms with van der Waals surface area (Å²) in [6.07, 6.45) is 1.68. The number of aromatic nitrogens is 3. The van der Waals surface area contributed by atoms with Crippen molar-refractivity contribution in [2.75, 3.05) is 13.1 Å². The van der Waals surface area contributed by atoms with E-state index in [9.17, 15) is 13.2 Å². The normalized spacial score (nSPS) is 18.6. The summed E-state index contributed by atoms with van der Waals surface area (Å²) in [6.45, 7) is 6.61. The lowest BCUT2D eigenvalue weighted by atomic mass is 10.0. The molecule has 0 amide bonds. The second-order valence-corrected chi connectivity index (χ2v) is 9.49. The van der Waals surface area contributed by atoms with Crippen LogP contribution in [0.4, 0.5) is 13.2 Å². The molecule has 4 rings (SSSR count). The van der Waals surface area contributed by atoms with Crippen molar-refractivity contribution in [1.29, 1.82) is 0 Å². The lowest BCUT2D eigenvalue weighted by molar-refractivity contribution is 0.0167. The quantitative estimate of drug-likeness (QED) is 0.603. The van der Waals surface area contributed by atoms with Crippen molar-refractivity contribution >= 4 is 28.9 Å². The fourth-order valence-electron chi connectivity index (χ4n) is 3.70. The SMILES string of the molecule is CC(C)(C)N1C=C(N2CCC(F)(F)C2)c2nnn(Cc3c(Cl)ccc(F)c3Cl)c2C1. The van der Waals surface area contributed by atoms with Crippen molar-refractivity contribution in [1.82, 2.24) is 24.8 Å². The van der Waals surface area contributed by atoms with Gasteiger partial charge in [-0.05, 0) is 32.9 Å². The molecular formula is C20H22Cl2F3N5. The summed E-state index contributed by atoms with van der Waals surface area (Å²) in [5, 5.41) is 8.76. The first kappa shape index (κ1) is 21.3. The minimum atomic E-state index is -2.73. The largest absolute Gasteiger partial charge is 0.365 e. The van der Waals surface area contributed by atoms with E-state index in [2.05, 4.69) is 15.2 Å². The molecule has 3 heterocycles. The molecule has 2 aliphatic rings. The molecule has 0 saturated carbocycles. The molecule has 2 aliphatic heterocycles. The number of halogens is 5. The monoisotopic (exact) mass is 459 g/mol. The van der Waals surface area contributed by atoms with Gasteiger partial charge in [0.1, 0.15) is 11.5 Å². The van der Waals surface area contributed by atoms with Crippen LogP contribution in [-0.4, -0.2) is 49.3 Å². The third kappa shape index (κ3) is 3.87. The van der Waals surface area contributed by atoms with Crippen molar-refractivity contribution in [3.63, 3.8) is 0 Å². The fourth-order valence-corrected chi connectivity index (χ4v) is 4.19. The van der Waals surface area contributed by atoms with Crippen molar-refractivity contribution in [2.24, 2.45) is 0 Å². The molecule has 2 aromatic rings. The molecule has 5 nitrogen and oxygen atoms in total. The van der Waals surface area contributed by atoms with Crippen molar-refractivity contribution in [3.05, 3.63) is 51.1 Å². The number of rotatable bonds is 3. The Bertz CT molecular complexity index is 1010. The van der Waals surface area contributed by atoms with Gasteiger partial charge in [0.25, 0.3) is 5.92 Å². The maximum absolute atomic E-state index is 14.0. The summed E-state index contributed by atoms with van der Waals surface area (Å²) in [7, 11) is 0. The smallest absolute Gasteiger partial charge is 0.266 e. The third-order valence-electron chi connectivity index (χ3n) is 5.50. The fraction of sp³-hybridized carbons (Fsp3) is 0.500. The summed E-state index contributed by atoms with van der Waals surface area (Å²) >= 11 is 12.4. The molecule has 1 aromatic carbocycles. The van der Waals surface area contributed by atoms with Crippen molar-refractivity contribution < 1.29 is 13.2 Å². The molecule has 1 saturated heterocycles. The third-order valence-corrected chi connectivity index (χ3v) is 6.26. The van der Waals surface area contributed by atoms with Gasteiger partial charge in [-0.1, -0.05) is 28.4 Å². The Morgan fingerprint density at radius 1 is 1.20 bits per heavy atom. The van der Waals surface area contributed by atoms with Gasteiger partial charge in [-0.25, -0.2) is 17.9 Å². The van der Waals surface area contributed by atoms with E-state index in [0.717, 1.165) is 5.69 Å². The summed E-state index contributed by atoms with van der Waals surface area (Å²) in [5.74, 6) is -3.30. The maximum Gasteiger partial charge on any atom is 0.266 e. The van der Waals surface area contributed by atoms with Crippen LogP contribution in [0.2, 0.25) is 10.0 Å². The van der Waals surface area contributed by atoms with Gasteiger partial charge in [-0.15, -0.1) is 5.10 Å². The Morgan fingerprint density at radius 2 is 1.93 bits per heavy atom. The Kier molecular flexibility index (Phi) is 5.21. The minimum Gasteiger partial charge on any atom is -0.365 e. The molecule has 0 bridgehead atoms. The number of likely N-dealkylation sites (tertiary alicyclic amines) is 1. The predicted octanol–water partition coefficient (Wildman–Crippen LogP) is 5.03. The average molecular weight is 460 g/mol. The number of fused-ring (bicyclic) bond motifs is 1. The molecule has 0 radical (unpaired) electrons. The van der Waals surface area contributed by atoms with Gasteiger partial charge in [0.15, 0.2) is 0 Å². The summed E-state index contributed by atoms with van der Waals surface area (Å²) < 4.78 is 43.3. The maximum atomic E-state index is 14.0. The summed E-state index contributed by atoms with van der Waals surface area (Å²) in [4.78, 5) is 3.72. The van der Waals surface area contributed by atoms with E-state index in [0.29, 0.717) is 28.5 Å². The second kappa shape index (κ2) is 7.34. The lowest BCUT2D eigenvalue weighted by Gasteiger charge is -2.39. The molecule has 1 fully saturated rings. The number of nitrogens with zero attached hydrogens (tertiary/aromatic N) is 5. The summed E-state index contributed by atoms with van der Waals surface area (Å²) in [5.41, 5.74) is 2.06. The molecular weight excluding hydrogens is 438 g/mol. The van der Waals surface area contributed by atoms with Gasteiger partial charge in [0.05, 0.1) is 36.0 Å². The van der Waals surface area contributed by atoms with Crippen LogP contribution in [0.3, 0.4) is 0 Å². The van der Waals surface area contributed by atoms with Crippen molar-refractivity contribution in [2.45, 2.75) is 51.7 Å². The van der Waals surface area contributed by atoms with Crippen LogP contribution in [0, 0.1) is 5.82 Å². The Labute approximate surface area is 183 Å². The zero-order chi connectivity index (χ0) is 21.8. The molecule has 1 aromatic heterocycles. The number of hydrogen-bond donors (Lipinski definition) is 0. The molecule has 30 heavy (non-hydrogen) atoms. The standard InChI is InChI=1S/C20H22Cl2F3N5/c1-19(2,3)29-9-15(28-7-6-20(24,25)11-28)18-16(10-29)30(27-26-18)8-12-13(21)4-5-14(23)17(12)22/h4-5,9H,6-8,10-11H2,1-3H3. The minimum absolute atomic E-state index is 0.0646. The van der Waals surface area contributed by atoms with E-state index in [-0.39, 0.29) is 36.6 Å². The van der Waals surface area contributed by atoms with E-state index in [1.54, 1.807) is 9.58 Å². The van der Waals surface area contributed by atoms with Gasteiger partial charge in [-0.2, -0.15) is 0 Å². The number of hydrogen-bond acceptors (Lipinski definition) is 4. The molecule has 0 N–H and O–H groups in total. The number of alkyl halides is 2. The first-order valence-electron chi connectivity index (χ1n) is 9.63. The average Bonchev–Trinajstić information content (AvgIpc) is 3.23. The highest BCUT2D eigenvalue weighted by Gasteiger charge is 2.42. The zero-order valence-corrected chi connectivity index (χ0v) is 18.4. The van der Waals surface area contributed by atoms with Crippen molar-refractivity contribution in [3.8, 4) is 0 Å². The van der Waals surface area contributed by atoms with Gasteiger partial charge >= 0.3 is 0 Å². The number of benzene rings is 1. The molecule has 10 heteroatoms. The molecule has 0 spiro atoms. The van der Waals surface area contributed by atoms with Crippen LogP contribution in [0.1, 0.15) is 44.1 Å².